The molecule has 0 saturated carbocycles. The maximum atomic E-state index is 11.1. The van der Waals surface area contributed by atoms with E-state index in [0.29, 0.717) is 6.61 Å². The van der Waals surface area contributed by atoms with Crippen molar-refractivity contribution < 1.29 is 19.1 Å². The smallest absolute Gasteiger partial charge is 0.322 e. The minimum absolute atomic E-state index is 0.131. The van der Waals surface area contributed by atoms with Gasteiger partial charge in [-0.1, -0.05) is 0 Å². The molecule has 0 spiro atoms. The van der Waals surface area contributed by atoms with Crippen LogP contribution in [0.1, 0.15) is 20.3 Å². The molecule has 0 aromatic heterocycles. The molecule has 1 rings (SSSR count). The number of carbonyl (C=O) groups is 2. The molecule has 1 fully saturated rings. The van der Waals surface area contributed by atoms with Crippen LogP contribution in [-0.4, -0.2) is 25.2 Å². The summed E-state index contributed by atoms with van der Waals surface area (Å²) < 4.78 is 9.50. The van der Waals surface area contributed by atoms with Crippen molar-refractivity contribution >= 4 is 11.9 Å². The Morgan fingerprint density at radius 1 is 1.58 bits per heavy atom. The van der Waals surface area contributed by atoms with Gasteiger partial charge in [0.1, 0.15) is 0 Å². The van der Waals surface area contributed by atoms with Crippen molar-refractivity contribution in [2.75, 3.05) is 13.2 Å². The third-order valence-electron chi connectivity index (χ3n) is 1.86. The van der Waals surface area contributed by atoms with Gasteiger partial charge < -0.3 is 9.47 Å². The third-order valence-corrected chi connectivity index (χ3v) is 1.86. The van der Waals surface area contributed by atoms with Gasteiger partial charge in [-0.2, -0.15) is 0 Å². The number of rotatable bonds is 3. The van der Waals surface area contributed by atoms with Crippen LogP contribution in [0.15, 0.2) is 0 Å². The quantitative estimate of drug-likeness (QED) is 0.459. The number of carbonyl (C=O) groups excluding carboxylic acids is 2. The van der Waals surface area contributed by atoms with Gasteiger partial charge >= 0.3 is 11.9 Å². The summed E-state index contributed by atoms with van der Waals surface area (Å²) in [4.78, 5) is 21.8. The predicted octanol–water partition coefficient (Wildman–Crippen LogP) is 0.503. The van der Waals surface area contributed by atoms with E-state index in [9.17, 15) is 9.59 Å². The normalized spacial score (nSPS) is 29.2. The first-order valence-corrected chi connectivity index (χ1v) is 3.91. The second kappa shape index (κ2) is 3.23. The van der Waals surface area contributed by atoms with Crippen LogP contribution >= 0.6 is 0 Å². The van der Waals surface area contributed by atoms with E-state index in [1.54, 1.807) is 6.92 Å². The average Bonchev–Trinajstić information content (AvgIpc) is 2.23. The predicted molar refractivity (Wildman–Crippen MR) is 40.3 cm³/mol. The van der Waals surface area contributed by atoms with E-state index in [-0.39, 0.29) is 13.0 Å². The lowest BCUT2D eigenvalue weighted by Crippen LogP contribution is -2.28. The van der Waals surface area contributed by atoms with E-state index in [2.05, 4.69) is 4.74 Å². The summed E-state index contributed by atoms with van der Waals surface area (Å²) in [7, 11) is 0. The molecule has 1 aliphatic heterocycles. The summed E-state index contributed by atoms with van der Waals surface area (Å²) in [5.74, 6) is -0.928. The molecule has 0 radical (unpaired) electrons. The summed E-state index contributed by atoms with van der Waals surface area (Å²) in [5.41, 5.74) is -0.757. The molecule has 0 amide bonds. The minimum atomic E-state index is -0.757. The highest BCUT2D eigenvalue weighted by Crippen LogP contribution is 2.30. The molecular formula is C8H12O4. The van der Waals surface area contributed by atoms with Crippen molar-refractivity contribution in [1.29, 1.82) is 0 Å². The fourth-order valence-corrected chi connectivity index (χ4v) is 1.09. The van der Waals surface area contributed by atoms with Crippen molar-refractivity contribution in [1.82, 2.24) is 0 Å². The maximum absolute atomic E-state index is 11.1. The Balaban J connectivity index is 2.58. The number of cyclic esters (lactones) is 2. The molecule has 0 bridgehead atoms. The summed E-state index contributed by atoms with van der Waals surface area (Å²) in [5, 5.41) is 0. The Morgan fingerprint density at radius 2 is 2.25 bits per heavy atom. The van der Waals surface area contributed by atoms with Crippen molar-refractivity contribution in [3.8, 4) is 0 Å². The lowest BCUT2D eigenvalue weighted by molar-refractivity contribution is -0.155. The fraction of sp³-hybridized carbons (Fsp3) is 0.750. The fourth-order valence-electron chi connectivity index (χ4n) is 1.09. The highest BCUT2D eigenvalue weighted by molar-refractivity contribution is 5.97. The summed E-state index contributed by atoms with van der Waals surface area (Å²) in [6.45, 7) is 4.31. The largest absolute Gasteiger partial charge is 0.393 e. The summed E-state index contributed by atoms with van der Waals surface area (Å²) in [6, 6.07) is 0. The summed E-state index contributed by atoms with van der Waals surface area (Å²) >= 11 is 0. The van der Waals surface area contributed by atoms with Gasteiger partial charge in [0.15, 0.2) is 0 Å². The van der Waals surface area contributed by atoms with Crippen molar-refractivity contribution in [3.63, 3.8) is 0 Å². The first kappa shape index (κ1) is 9.19. The minimum Gasteiger partial charge on any atom is -0.393 e. The van der Waals surface area contributed by atoms with Crippen LogP contribution in [0.4, 0.5) is 0 Å². The lowest BCUT2D eigenvalue weighted by atomic mass is 9.90. The van der Waals surface area contributed by atoms with E-state index in [1.807, 2.05) is 6.92 Å². The van der Waals surface area contributed by atoms with Gasteiger partial charge in [0.25, 0.3) is 0 Å². The van der Waals surface area contributed by atoms with Crippen LogP contribution in [-0.2, 0) is 19.1 Å². The molecule has 12 heavy (non-hydrogen) atoms. The second-order valence-electron chi connectivity index (χ2n) is 3.14. The summed E-state index contributed by atoms with van der Waals surface area (Å²) in [6.07, 6.45) is 0.131. The zero-order chi connectivity index (χ0) is 9.19. The first-order chi connectivity index (χ1) is 5.58. The standard InChI is InChI=1S/C8H12O4/c1-3-11-5-8(2)4-6(9)12-7(8)10/h3-5H2,1-2H3. The molecule has 68 valence electrons. The van der Waals surface area contributed by atoms with E-state index in [0.717, 1.165) is 0 Å². The monoisotopic (exact) mass is 172 g/mol. The average molecular weight is 172 g/mol. The third kappa shape index (κ3) is 1.64. The van der Waals surface area contributed by atoms with E-state index < -0.39 is 17.4 Å². The Hall–Kier alpha value is -0.900. The Kier molecular flexibility index (Phi) is 2.47. The van der Waals surface area contributed by atoms with Crippen LogP contribution in [0, 0.1) is 5.41 Å². The molecule has 1 atom stereocenters. The van der Waals surface area contributed by atoms with Crippen LogP contribution in [0.25, 0.3) is 0 Å². The molecule has 1 saturated heterocycles. The van der Waals surface area contributed by atoms with Gasteiger partial charge in [-0.05, 0) is 13.8 Å². The van der Waals surface area contributed by atoms with E-state index >= 15 is 0 Å². The molecule has 0 N–H and O–H groups in total. The second-order valence-corrected chi connectivity index (χ2v) is 3.14. The molecule has 1 heterocycles. The number of hydrogen-bond donors (Lipinski definition) is 0. The van der Waals surface area contributed by atoms with E-state index in [4.69, 9.17) is 4.74 Å². The van der Waals surface area contributed by atoms with Gasteiger partial charge in [-0.25, -0.2) is 0 Å². The molecule has 1 unspecified atom stereocenters. The SMILES string of the molecule is CCOCC1(C)CC(=O)OC1=O. The maximum Gasteiger partial charge on any atom is 0.322 e. The lowest BCUT2D eigenvalue weighted by Gasteiger charge is -2.16. The van der Waals surface area contributed by atoms with Crippen LogP contribution in [0.3, 0.4) is 0 Å². The topological polar surface area (TPSA) is 52.6 Å². The van der Waals surface area contributed by atoms with Gasteiger partial charge in [-0.3, -0.25) is 9.59 Å². The molecular weight excluding hydrogens is 160 g/mol. The van der Waals surface area contributed by atoms with Crippen molar-refractivity contribution in [2.24, 2.45) is 5.41 Å². The Labute approximate surface area is 70.8 Å². The first-order valence-electron chi connectivity index (χ1n) is 3.91. The van der Waals surface area contributed by atoms with Gasteiger partial charge in [0.05, 0.1) is 18.4 Å². The van der Waals surface area contributed by atoms with Crippen molar-refractivity contribution in [3.05, 3.63) is 0 Å². The molecule has 0 aliphatic carbocycles. The van der Waals surface area contributed by atoms with Gasteiger partial charge in [0, 0.05) is 6.61 Å². The zero-order valence-corrected chi connectivity index (χ0v) is 7.25. The highest BCUT2D eigenvalue weighted by atomic mass is 16.6. The van der Waals surface area contributed by atoms with Crippen molar-refractivity contribution in [2.45, 2.75) is 20.3 Å². The van der Waals surface area contributed by atoms with Crippen LogP contribution < -0.4 is 0 Å². The molecule has 0 aromatic rings. The Bertz CT molecular complexity index is 211. The molecule has 4 heteroatoms. The molecule has 0 aromatic carbocycles. The van der Waals surface area contributed by atoms with Gasteiger partial charge in [0.2, 0.25) is 0 Å². The molecule has 4 nitrogen and oxygen atoms in total. The number of ether oxygens (including phenoxy) is 2. The highest BCUT2D eigenvalue weighted by Gasteiger charge is 2.45. The number of hydrogen-bond acceptors (Lipinski definition) is 4. The number of esters is 2. The van der Waals surface area contributed by atoms with Crippen LogP contribution in [0.2, 0.25) is 0 Å². The van der Waals surface area contributed by atoms with Gasteiger partial charge in [-0.15, -0.1) is 0 Å². The van der Waals surface area contributed by atoms with E-state index in [1.165, 1.54) is 0 Å². The molecule has 1 aliphatic rings. The Morgan fingerprint density at radius 3 is 2.67 bits per heavy atom. The van der Waals surface area contributed by atoms with Crippen LogP contribution in [0.5, 0.6) is 0 Å². The zero-order valence-electron chi connectivity index (χ0n) is 7.25.